The number of carbonyl (C=O) groups is 2. The topological polar surface area (TPSA) is 49.9 Å². The van der Waals surface area contributed by atoms with Gasteiger partial charge < -0.3 is 9.64 Å². The van der Waals surface area contributed by atoms with E-state index in [1.165, 1.54) is 4.90 Å². The number of allylic oxidation sites excluding steroid dienone is 4. The molecule has 0 radical (unpaired) electrons. The molecule has 1 aliphatic carbocycles. The van der Waals surface area contributed by atoms with Crippen LogP contribution >= 0.6 is 0 Å². The second-order valence-electron chi connectivity index (χ2n) is 5.56. The van der Waals surface area contributed by atoms with E-state index in [4.69, 9.17) is 4.74 Å². The van der Waals surface area contributed by atoms with Crippen LogP contribution in [0.4, 0.5) is 4.79 Å². The van der Waals surface area contributed by atoms with E-state index in [-0.39, 0.29) is 5.91 Å². The van der Waals surface area contributed by atoms with Crippen LogP contribution in [0.25, 0.3) is 0 Å². The van der Waals surface area contributed by atoms with Gasteiger partial charge in [0.15, 0.2) is 0 Å². The minimum atomic E-state index is -0.407. The van der Waals surface area contributed by atoms with Crippen molar-refractivity contribution >= 4 is 12.0 Å². The Morgan fingerprint density at radius 2 is 2.00 bits per heavy atom. The smallest absolute Gasteiger partial charge is 0.417 e. The van der Waals surface area contributed by atoms with Crippen molar-refractivity contribution in [1.82, 2.24) is 9.80 Å². The van der Waals surface area contributed by atoms with Gasteiger partial charge in [0.1, 0.15) is 0 Å². The Hall–Kier alpha value is -2.56. The molecule has 3 rings (SSSR count). The number of rotatable bonds is 3. The van der Waals surface area contributed by atoms with Crippen LogP contribution in [0.5, 0.6) is 0 Å². The second kappa shape index (κ2) is 6.28. The maximum Gasteiger partial charge on any atom is 0.417 e. The van der Waals surface area contributed by atoms with Gasteiger partial charge in [-0.1, -0.05) is 6.08 Å². The van der Waals surface area contributed by atoms with Crippen molar-refractivity contribution in [2.24, 2.45) is 0 Å². The summed E-state index contributed by atoms with van der Waals surface area (Å²) in [7, 11) is 0. The highest BCUT2D eigenvalue weighted by Gasteiger charge is 2.37. The molecular weight excluding hydrogens is 292 g/mol. The minimum absolute atomic E-state index is 0.0922. The lowest BCUT2D eigenvalue weighted by molar-refractivity contribution is -0.124. The third kappa shape index (κ3) is 2.63. The van der Waals surface area contributed by atoms with E-state index in [9.17, 15) is 9.59 Å². The predicted molar refractivity (Wildman–Crippen MR) is 87.0 cm³/mol. The van der Waals surface area contributed by atoms with Gasteiger partial charge in [0.05, 0.1) is 12.3 Å². The van der Waals surface area contributed by atoms with E-state index in [0.29, 0.717) is 13.2 Å². The van der Waals surface area contributed by atoms with E-state index in [0.717, 1.165) is 41.7 Å². The van der Waals surface area contributed by atoms with Gasteiger partial charge in [-0.3, -0.25) is 9.69 Å². The summed E-state index contributed by atoms with van der Waals surface area (Å²) in [6, 6.07) is 0. The molecule has 2 heterocycles. The Morgan fingerprint density at radius 1 is 1.30 bits per heavy atom. The summed E-state index contributed by atoms with van der Waals surface area (Å²) in [5.41, 5.74) is 3.97. The van der Waals surface area contributed by atoms with Crippen LogP contribution in [0.2, 0.25) is 0 Å². The highest BCUT2D eigenvalue weighted by molar-refractivity contribution is 6.01. The summed E-state index contributed by atoms with van der Waals surface area (Å²) in [5.74, 6) is 0.0922. The van der Waals surface area contributed by atoms with Crippen LogP contribution in [0.1, 0.15) is 26.2 Å². The molecule has 0 saturated carbocycles. The van der Waals surface area contributed by atoms with Crippen LogP contribution in [-0.2, 0) is 9.53 Å². The van der Waals surface area contributed by atoms with Gasteiger partial charge in [-0.25, -0.2) is 4.79 Å². The average Bonchev–Trinajstić information content (AvgIpc) is 3.12. The third-order valence-corrected chi connectivity index (χ3v) is 4.17. The van der Waals surface area contributed by atoms with Crippen LogP contribution in [0.15, 0.2) is 59.6 Å². The molecule has 120 valence electrons. The van der Waals surface area contributed by atoms with Crippen molar-refractivity contribution in [3.05, 3.63) is 59.6 Å². The fraction of sp³-hybridized carbons (Fsp3) is 0.333. The van der Waals surface area contributed by atoms with Crippen molar-refractivity contribution in [3.63, 3.8) is 0 Å². The Balaban J connectivity index is 1.92. The third-order valence-electron chi connectivity index (χ3n) is 4.17. The molecule has 0 aromatic rings. The molecule has 0 saturated heterocycles. The predicted octanol–water partition coefficient (Wildman–Crippen LogP) is 3.25. The Kier molecular flexibility index (Phi) is 4.19. The lowest BCUT2D eigenvalue weighted by Gasteiger charge is -2.23. The molecule has 2 amide bonds. The first-order valence-electron chi connectivity index (χ1n) is 7.88. The number of amides is 2. The van der Waals surface area contributed by atoms with Gasteiger partial charge in [-0.05, 0) is 43.9 Å². The van der Waals surface area contributed by atoms with E-state index < -0.39 is 6.09 Å². The molecule has 5 heteroatoms. The highest BCUT2D eigenvalue weighted by atomic mass is 16.5. The Morgan fingerprint density at radius 3 is 2.65 bits per heavy atom. The van der Waals surface area contributed by atoms with Crippen LogP contribution in [0, 0.1) is 0 Å². The fourth-order valence-electron chi connectivity index (χ4n) is 3.21. The monoisotopic (exact) mass is 312 g/mol. The summed E-state index contributed by atoms with van der Waals surface area (Å²) < 4.78 is 4.97. The molecule has 0 aromatic carbocycles. The molecule has 0 unspecified atom stereocenters. The van der Waals surface area contributed by atoms with Crippen LogP contribution < -0.4 is 0 Å². The molecular formula is C18H20N2O3. The maximum atomic E-state index is 12.5. The SMILES string of the molecule is C=CCN1C(=O)C2=C(CCC2)C1=C1C=CN(C(=O)OCC)C=C1. The molecule has 0 fully saturated rings. The molecule has 0 N–H and O–H groups in total. The average molecular weight is 312 g/mol. The number of hydrogen-bond donors (Lipinski definition) is 0. The summed E-state index contributed by atoms with van der Waals surface area (Å²) in [4.78, 5) is 27.4. The Bertz CT molecular complexity index is 666. The molecule has 0 atom stereocenters. The zero-order valence-corrected chi connectivity index (χ0v) is 13.2. The van der Waals surface area contributed by atoms with Crippen molar-refractivity contribution in [1.29, 1.82) is 0 Å². The lowest BCUT2D eigenvalue weighted by atomic mass is 10.0. The number of carbonyl (C=O) groups excluding carboxylic acids is 2. The fourth-order valence-corrected chi connectivity index (χ4v) is 3.21. The van der Waals surface area contributed by atoms with E-state index in [2.05, 4.69) is 6.58 Å². The molecule has 0 bridgehead atoms. The molecule has 23 heavy (non-hydrogen) atoms. The maximum absolute atomic E-state index is 12.5. The van der Waals surface area contributed by atoms with E-state index in [1.807, 2.05) is 12.2 Å². The number of hydrogen-bond acceptors (Lipinski definition) is 3. The zero-order chi connectivity index (χ0) is 16.4. The first-order valence-corrected chi connectivity index (χ1v) is 7.88. The van der Waals surface area contributed by atoms with Crippen LogP contribution in [0.3, 0.4) is 0 Å². The quantitative estimate of drug-likeness (QED) is 0.752. The lowest BCUT2D eigenvalue weighted by Crippen LogP contribution is -2.28. The number of nitrogens with zero attached hydrogens (tertiary/aromatic N) is 2. The van der Waals surface area contributed by atoms with Gasteiger partial charge in [-0.2, -0.15) is 0 Å². The minimum Gasteiger partial charge on any atom is -0.449 e. The molecule has 3 aliphatic rings. The normalized spacial score (nSPS) is 19.8. The van der Waals surface area contributed by atoms with E-state index in [1.54, 1.807) is 30.3 Å². The summed E-state index contributed by atoms with van der Waals surface area (Å²) in [6.07, 6.45) is 11.2. The first kappa shape index (κ1) is 15.3. The first-order chi connectivity index (χ1) is 11.2. The van der Waals surface area contributed by atoms with Gasteiger partial charge >= 0.3 is 6.09 Å². The number of ether oxygens (including phenoxy) is 1. The summed E-state index contributed by atoms with van der Waals surface area (Å²) in [5, 5.41) is 0. The van der Waals surface area contributed by atoms with Crippen molar-refractivity contribution in [2.75, 3.05) is 13.2 Å². The molecule has 0 spiro atoms. The summed E-state index contributed by atoms with van der Waals surface area (Å²) in [6.45, 7) is 6.35. The van der Waals surface area contributed by atoms with Gasteiger partial charge in [0.2, 0.25) is 0 Å². The summed E-state index contributed by atoms with van der Waals surface area (Å²) >= 11 is 0. The Labute approximate surface area is 135 Å². The zero-order valence-electron chi connectivity index (χ0n) is 13.2. The van der Waals surface area contributed by atoms with Gasteiger partial charge in [0, 0.05) is 30.1 Å². The second-order valence-corrected chi connectivity index (χ2v) is 5.56. The standard InChI is InChI=1S/C18H20N2O3/c1-3-10-20-16(14-6-5-7-15(14)17(20)21)13-8-11-19(12-9-13)18(22)23-4-2/h3,8-9,11-12H,1,4-7,10H2,2H3. The molecule has 0 aromatic heterocycles. The highest BCUT2D eigenvalue weighted by Crippen LogP contribution is 2.42. The molecule has 2 aliphatic heterocycles. The molecule has 5 nitrogen and oxygen atoms in total. The van der Waals surface area contributed by atoms with Crippen molar-refractivity contribution in [3.8, 4) is 0 Å². The largest absolute Gasteiger partial charge is 0.449 e. The number of likely N-dealkylation sites (tertiary alicyclic amines) is 1. The van der Waals surface area contributed by atoms with Crippen LogP contribution in [-0.4, -0.2) is 35.0 Å². The van der Waals surface area contributed by atoms with Gasteiger partial charge in [0.25, 0.3) is 5.91 Å². The van der Waals surface area contributed by atoms with E-state index >= 15 is 0 Å². The van der Waals surface area contributed by atoms with Crippen molar-refractivity contribution in [2.45, 2.75) is 26.2 Å². The van der Waals surface area contributed by atoms with Gasteiger partial charge in [-0.15, -0.1) is 6.58 Å². The van der Waals surface area contributed by atoms with Crippen molar-refractivity contribution < 1.29 is 14.3 Å².